The van der Waals surface area contributed by atoms with E-state index < -0.39 is 17.8 Å². The van der Waals surface area contributed by atoms with Crippen LogP contribution in [0.5, 0.6) is 0 Å². The van der Waals surface area contributed by atoms with Crippen molar-refractivity contribution in [2.45, 2.75) is 68.7 Å². The van der Waals surface area contributed by atoms with Gasteiger partial charge < -0.3 is 20.8 Å². The van der Waals surface area contributed by atoms with Crippen molar-refractivity contribution >= 4 is 41.5 Å². The van der Waals surface area contributed by atoms with Gasteiger partial charge in [0.1, 0.15) is 0 Å². The van der Waals surface area contributed by atoms with Crippen LogP contribution in [0.4, 0.5) is 4.79 Å². The summed E-state index contributed by atoms with van der Waals surface area (Å²) in [6, 6.07) is 0.314. The Morgan fingerprint density at radius 1 is 1.07 bits per heavy atom. The number of carbonyl (C=O) groups is 5. The second kappa shape index (κ2) is 9.95. The lowest BCUT2D eigenvalue weighted by atomic mass is 10.0. The van der Waals surface area contributed by atoms with E-state index in [4.69, 9.17) is 4.84 Å². The van der Waals surface area contributed by atoms with E-state index in [1.807, 2.05) is 11.8 Å². The van der Waals surface area contributed by atoms with Crippen LogP contribution in [0.25, 0.3) is 0 Å². The summed E-state index contributed by atoms with van der Waals surface area (Å²) in [7, 11) is 0. The zero-order chi connectivity index (χ0) is 20.8. The average molecular weight is 426 g/mol. The van der Waals surface area contributed by atoms with Crippen LogP contribution < -0.4 is 16.0 Å². The Labute approximate surface area is 172 Å². The van der Waals surface area contributed by atoms with Crippen LogP contribution in [0, 0.1) is 0 Å². The van der Waals surface area contributed by atoms with Gasteiger partial charge in [0.2, 0.25) is 5.91 Å². The normalized spacial score (nSPS) is 25.6. The van der Waals surface area contributed by atoms with E-state index in [9.17, 15) is 24.0 Å². The molecule has 0 spiro atoms. The minimum atomic E-state index is -0.663. The average Bonchev–Trinajstić information content (AvgIpc) is 3.32. The lowest BCUT2D eigenvalue weighted by Gasteiger charge is -2.16. The molecule has 3 rings (SSSR count). The third-order valence-corrected chi connectivity index (χ3v) is 6.67. The fourth-order valence-electron chi connectivity index (χ4n) is 3.63. The van der Waals surface area contributed by atoms with Gasteiger partial charge >= 0.3 is 12.0 Å². The minimum Gasteiger partial charge on any atom is -0.356 e. The first-order valence-electron chi connectivity index (χ1n) is 9.96. The van der Waals surface area contributed by atoms with E-state index in [2.05, 4.69) is 16.0 Å². The Bertz CT molecular complexity index is 671. The third-order valence-electron chi connectivity index (χ3n) is 5.16. The second-order valence-electron chi connectivity index (χ2n) is 7.37. The molecule has 160 valence electrons. The molecular weight excluding hydrogens is 400 g/mol. The van der Waals surface area contributed by atoms with E-state index in [1.165, 1.54) is 0 Å². The zero-order valence-corrected chi connectivity index (χ0v) is 16.9. The molecule has 0 bridgehead atoms. The number of nitrogens with zero attached hydrogens (tertiary/aromatic N) is 1. The number of thioether (sulfide) groups is 1. The van der Waals surface area contributed by atoms with Gasteiger partial charge in [-0.1, -0.05) is 6.42 Å². The molecule has 3 heterocycles. The number of hydrogen-bond donors (Lipinski definition) is 3. The van der Waals surface area contributed by atoms with Crippen molar-refractivity contribution in [3.63, 3.8) is 0 Å². The Kier molecular flexibility index (Phi) is 7.34. The summed E-state index contributed by atoms with van der Waals surface area (Å²) in [6.07, 6.45) is 3.56. The highest BCUT2D eigenvalue weighted by Crippen LogP contribution is 2.33. The fourth-order valence-corrected chi connectivity index (χ4v) is 5.17. The predicted octanol–water partition coefficient (Wildman–Crippen LogP) is 0.216. The Balaban J connectivity index is 1.20. The molecule has 3 aliphatic heterocycles. The molecule has 10 nitrogen and oxygen atoms in total. The van der Waals surface area contributed by atoms with Crippen molar-refractivity contribution in [3.8, 4) is 0 Å². The number of nitrogens with one attached hydrogen (secondary N) is 3. The highest BCUT2D eigenvalue weighted by Gasteiger charge is 2.42. The van der Waals surface area contributed by atoms with E-state index in [0.717, 1.165) is 25.0 Å². The maximum absolute atomic E-state index is 11.9. The van der Waals surface area contributed by atoms with Crippen molar-refractivity contribution in [2.24, 2.45) is 0 Å². The zero-order valence-electron chi connectivity index (χ0n) is 16.1. The summed E-state index contributed by atoms with van der Waals surface area (Å²) in [6.45, 7) is 0.329. The molecule has 3 saturated heterocycles. The monoisotopic (exact) mass is 426 g/mol. The largest absolute Gasteiger partial charge is 0.356 e. The lowest BCUT2D eigenvalue weighted by molar-refractivity contribution is -0.197. The first-order valence-corrected chi connectivity index (χ1v) is 11.0. The second-order valence-corrected chi connectivity index (χ2v) is 8.64. The SMILES string of the molecule is O=C(CCCC[C@@H]1SC[C@H]2NC(=O)N[C@@H]12)NCCCC(=O)ON1C(=O)CCC1=O. The van der Waals surface area contributed by atoms with Gasteiger partial charge in [-0.2, -0.15) is 11.8 Å². The minimum absolute atomic E-state index is 0.0125. The summed E-state index contributed by atoms with van der Waals surface area (Å²) in [4.78, 5) is 62.4. The van der Waals surface area contributed by atoms with Gasteiger partial charge in [-0.05, 0) is 19.3 Å². The number of unbranched alkanes of at least 4 members (excludes halogenated alkanes) is 1. The van der Waals surface area contributed by atoms with Gasteiger partial charge in [0.25, 0.3) is 11.8 Å². The molecule has 0 aromatic heterocycles. The van der Waals surface area contributed by atoms with Gasteiger partial charge in [-0.25, -0.2) is 9.59 Å². The number of hydroxylamine groups is 2. The van der Waals surface area contributed by atoms with Crippen LogP contribution in [-0.4, -0.2) is 64.4 Å². The van der Waals surface area contributed by atoms with Crippen LogP contribution in [0.1, 0.15) is 51.4 Å². The van der Waals surface area contributed by atoms with E-state index in [0.29, 0.717) is 29.7 Å². The molecule has 3 atom stereocenters. The summed E-state index contributed by atoms with van der Waals surface area (Å²) in [5.74, 6) is -0.818. The first-order chi connectivity index (χ1) is 13.9. The molecule has 0 radical (unpaired) electrons. The maximum atomic E-state index is 11.9. The molecular formula is C18H26N4O6S. The van der Waals surface area contributed by atoms with Crippen molar-refractivity contribution < 1.29 is 28.8 Å². The number of rotatable bonds is 10. The Morgan fingerprint density at radius 3 is 2.59 bits per heavy atom. The molecule has 0 aromatic carbocycles. The summed E-state index contributed by atoms with van der Waals surface area (Å²) in [5.41, 5.74) is 0. The molecule has 0 saturated carbocycles. The summed E-state index contributed by atoms with van der Waals surface area (Å²) in [5, 5.41) is 9.54. The highest BCUT2D eigenvalue weighted by molar-refractivity contribution is 8.00. The van der Waals surface area contributed by atoms with E-state index >= 15 is 0 Å². The highest BCUT2D eigenvalue weighted by atomic mass is 32.2. The lowest BCUT2D eigenvalue weighted by Crippen LogP contribution is -2.36. The molecule has 3 aliphatic rings. The van der Waals surface area contributed by atoms with Gasteiger partial charge in [0.15, 0.2) is 0 Å². The smallest absolute Gasteiger partial charge is 0.333 e. The van der Waals surface area contributed by atoms with Crippen molar-refractivity contribution in [3.05, 3.63) is 0 Å². The van der Waals surface area contributed by atoms with Gasteiger partial charge in [-0.15, -0.1) is 5.06 Å². The van der Waals surface area contributed by atoms with E-state index in [1.54, 1.807) is 0 Å². The molecule has 0 aliphatic carbocycles. The van der Waals surface area contributed by atoms with Crippen LogP contribution in [0.3, 0.4) is 0 Å². The van der Waals surface area contributed by atoms with Gasteiger partial charge in [0.05, 0.1) is 12.1 Å². The van der Waals surface area contributed by atoms with Crippen LogP contribution in [0.2, 0.25) is 0 Å². The number of carbonyl (C=O) groups excluding carboxylic acids is 5. The number of urea groups is 1. The standard InChI is InChI=1S/C18H26N4O6S/c23-13(5-2-1-4-12-17-11(10-29-12)20-18(27)21-17)19-9-3-6-16(26)28-22-14(24)7-8-15(22)25/h11-12,17H,1-10H2,(H,19,23)(H2,20,21,27)/t11-,12+,17-/m1/s1. The van der Waals surface area contributed by atoms with Crippen LogP contribution >= 0.6 is 11.8 Å². The molecule has 0 unspecified atom stereocenters. The Hall–Kier alpha value is -2.30. The van der Waals surface area contributed by atoms with Crippen molar-refractivity contribution in [2.75, 3.05) is 12.3 Å². The fraction of sp³-hybridized carbons (Fsp3) is 0.722. The van der Waals surface area contributed by atoms with Gasteiger partial charge in [0, 0.05) is 43.2 Å². The quantitative estimate of drug-likeness (QED) is 0.258. The maximum Gasteiger partial charge on any atom is 0.333 e. The molecule has 5 amide bonds. The van der Waals surface area contributed by atoms with Crippen molar-refractivity contribution in [1.82, 2.24) is 21.0 Å². The third kappa shape index (κ3) is 5.84. The Morgan fingerprint density at radius 2 is 1.83 bits per heavy atom. The molecule has 3 fully saturated rings. The molecule has 3 N–H and O–H groups in total. The molecule has 11 heteroatoms. The van der Waals surface area contributed by atoms with Crippen LogP contribution in [-0.2, 0) is 24.0 Å². The summed E-state index contributed by atoms with van der Waals surface area (Å²) >= 11 is 1.86. The number of hydrogen-bond acceptors (Lipinski definition) is 7. The number of imide groups is 1. The molecule has 29 heavy (non-hydrogen) atoms. The topological polar surface area (TPSA) is 134 Å². The van der Waals surface area contributed by atoms with Crippen molar-refractivity contribution in [1.29, 1.82) is 0 Å². The summed E-state index contributed by atoms with van der Waals surface area (Å²) < 4.78 is 0. The predicted molar refractivity (Wildman–Crippen MR) is 103 cm³/mol. The molecule has 0 aromatic rings. The van der Waals surface area contributed by atoms with E-state index in [-0.39, 0.29) is 43.3 Å². The number of fused-ring (bicyclic) bond motifs is 1. The van der Waals surface area contributed by atoms with Crippen LogP contribution in [0.15, 0.2) is 0 Å². The first kappa shape index (κ1) is 21.4. The van der Waals surface area contributed by atoms with Gasteiger partial charge in [-0.3, -0.25) is 14.4 Å². The number of amides is 5.